The van der Waals surface area contributed by atoms with Gasteiger partial charge in [0.25, 0.3) is 11.5 Å². The lowest BCUT2D eigenvalue weighted by molar-refractivity contribution is -0.150. The van der Waals surface area contributed by atoms with Crippen molar-refractivity contribution >= 4 is 36.1 Å². The number of likely N-dealkylation sites (tertiary alicyclic amines) is 1. The van der Waals surface area contributed by atoms with Crippen LogP contribution in [0.2, 0.25) is 0 Å². The van der Waals surface area contributed by atoms with E-state index in [9.17, 15) is 22.8 Å². The van der Waals surface area contributed by atoms with Gasteiger partial charge in [0.1, 0.15) is 11.3 Å². The number of carbonyl (C=O) groups is 1. The van der Waals surface area contributed by atoms with Gasteiger partial charge in [0.2, 0.25) is 6.29 Å². The normalized spacial score (nSPS) is 21.6. The number of anilines is 1. The average molecular weight is 720 g/mol. The number of ether oxygens (including phenoxy) is 3. The van der Waals surface area contributed by atoms with Crippen molar-refractivity contribution in [3.8, 4) is 22.6 Å². The zero-order valence-electron chi connectivity index (χ0n) is 27.7. The highest BCUT2D eigenvalue weighted by molar-refractivity contribution is 7.98. The van der Waals surface area contributed by atoms with Crippen LogP contribution in [0.1, 0.15) is 41.4 Å². The molecule has 3 aromatic rings. The molecule has 0 aliphatic carbocycles. The molecule has 3 aliphatic heterocycles. The molecule has 1 amide bonds. The smallest absolute Gasteiger partial charge is 0.401 e. The van der Waals surface area contributed by atoms with Gasteiger partial charge >= 0.3 is 6.18 Å². The lowest BCUT2D eigenvalue weighted by atomic mass is 9.96. The van der Waals surface area contributed by atoms with Gasteiger partial charge < -0.3 is 29.0 Å². The predicted molar refractivity (Wildman–Crippen MR) is 185 cm³/mol. The molecule has 49 heavy (non-hydrogen) atoms. The Morgan fingerprint density at radius 1 is 1.16 bits per heavy atom. The molecule has 15 heteroatoms. The minimum Gasteiger partial charge on any atom is -0.451 e. The van der Waals surface area contributed by atoms with Crippen LogP contribution in [0.3, 0.4) is 0 Å². The number of piperidine rings is 1. The number of nitrogens with zero attached hydrogens (tertiary/aromatic N) is 4. The first-order valence-electron chi connectivity index (χ1n) is 16.2. The van der Waals surface area contributed by atoms with Crippen LogP contribution in [0.5, 0.6) is 11.5 Å². The molecule has 3 atom stereocenters. The number of nitrogens with one attached hydrogen (secondary N) is 1. The van der Waals surface area contributed by atoms with Crippen LogP contribution in [0, 0.1) is 12.8 Å². The summed E-state index contributed by atoms with van der Waals surface area (Å²) in [6.07, 6.45) is -0.469. The van der Waals surface area contributed by atoms with Gasteiger partial charge in [0.05, 0.1) is 31.3 Å². The number of morpholine rings is 1. The summed E-state index contributed by atoms with van der Waals surface area (Å²) >= 11 is 6.05. The van der Waals surface area contributed by atoms with Gasteiger partial charge in [-0.3, -0.25) is 14.5 Å². The molecule has 264 valence electrons. The fourth-order valence-electron chi connectivity index (χ4n) is 6.68. The molecule has 2 fully saturated rings. The molecule has 1 aromatic carbocycles. The number of hydrogen-bond acceptors (Lipinski definition) is 10. The number of alkyl halides is 3. The number of hydrogen-bond donors (Lipinski definition) is 2. The summed E-state index contributed by atoms with van der Waals surface area (Å²) in [5.74, 6) is 0.999. The van der Waals surface area contributed by atoms with Gasteiger partial charge in [-0.2, -0.15) is 13.2 Å². The molecular formula is C34H40F3N5O5S2. The summed E-state index contributed by atoms with van der Waals surface area (Å²) < 4.78 is 57.7. The van der Waals surface area contributed by atoms with Gasteiger partial charge in [0.15, 0.2) is 11.5 Å². The second kappa shape index (κ2) is 14.4. The highest BCUT2D eigenvalue weighted by Gasteiger charge is 2.40. The zero-order chi connectivity index (χ0) is 35.0. The summed E-state index contributed by atoms with van der Waals surface area (Å²) in [7, 11) is 1.64. The number of aromatic nitrogens is 2. The summed E-state index contributed by atoms with van der Waals surface area (Å²) in [5.41, 5.74) is 2.28. The highest BCUT2D eigenvalue weighted by atomic mass is 32.2. The number of H-pyrrole nitrogens is 1. The lowest BCUT2D eigenvalue weighted by Crippen LogP contribution is -2.48. The van der Waals surface area contributed by atoms with E-state index in [0.29, 0.717) is 65.6 Å². The standard InChI is InChI=1S/C34H40F3N5O5S2/c1-19-14-27(49-4)25(30(43)39-19)17-40(3)31(44)22-15-24(23-6-5-9-38-29(23)42-12-13-45-33(48)20(42)2)28-26(16-22)46-32(47-28)21-7-10-41(11-8-21)18-34(35,36)37/h5-6,9,14-16,20-21,32-33,48H,7-8,10-13,17-18H2,1-4H3,(H,39,43). The first kappa shape index (κ1) is 35.4. The Balaban J connectivity index is 1.35. The van der Waals surface area contributed by atoms with Crippen molar-refractivity contribution in [2.45, 2.75) is 62.1 Å². The zero-order valence-corrected chi connectivity index (χ0v) is 29.5. The van der Waals surface area contributed by atoms with Gasteiger partial charge in [-0.25, -0.2) is 4.98 Å². The topological polar surface area (TPSA) is 100 Å². The minimum absolute atomic E-state index is 0.0836. The maximum Gasteiger partial charge on any atom is 0.401 e. The molecule has 6 rings (SSSR count). The third-order valence-electron chi connectivity index (χ3n) is 9.26. The number of thioether (sulfide) groups is 1. The molecule has 0 bridgehead atoms. The number of rotatable bonds is 8. The summed E-state index contributed by atoms with van der Waals surface area (Å²) in [4.78, 5) is 40.3. The van der Waals surface area contributed by atoms with Crippen molar-refractivity contribution in [3.63, 3.8) is 0 Å². The van der Waals surface area contributed by atoms with Crippen LogP contribution >= 0.6 is 24.4 Å². The number of carbonyl (C=O) groups excluding carboxylic acids is 1. The highest BCUT2D eigenvalue weighted by Crippen LogP contribution is 2.48. The van der Waals surface area contributed by atoms with Crippen LogP contribution in [-0.2, 0) is 11.3 Å². The van der Waals surface area contributed by atoms with Crippen LogP contribution in [0.4, 0.5) is 19.0 Å². The van der Waals surface area contributed by atoms with Gasteiger partial charge in [-0.15, -0.1) is 24.4 Å². The van der Waals surface area contributed by atoms with E-state index in [2.05, 4.69) is 22.5 Å². The van der Waals surface area contributed by atoms with E-state index < -0.39 is 19.0 Å². The molecule has 0 spiro atoms. The van der Waals surface area contributed by atoms with Gasteiger partial charge in [0, 0.05) is 53.0 Å². The van der Waals surface area contributed by atoms with E-state index in [4.69, 9.17) is 19.2 Å². The van der Waals surface area contributed by atoms with Crippen LogP contribution in [0.25, 0.3) is 11.1 Å². The molecular weight excluding hydrogens is 680 g/mol. The Kier molecular flexibility index (Phi) is 10.4. The maximum absolute atomic E-state index is 14.1. The fraction of sp³-hybridized carbons (Fsp3) is 0.500. The SMILES string of the molecule is CSc1cc(C)[nH]c(=O)c1CN(C)C(=O)c1cc2c(c(-c3cccnc3N3CCOC(S)C3C)c1)OC(C1CCN(CC(F)(F)F)CC1)O2. The average Bonchev–Trinajstić information content (AvgIpc) is 3.50. The van der Waals surface area contributed by atoms with E-state index in [1.54, 1.807) is 25.4 Å². The number of pyridine rings is 2. The number of amides is 1. The van der Waals surface area contributed by atoms with E-state index in [1.807, 2.05) is 38.3 Å². The Labute approximate surface area is 292 Å². The predicted octanol–water partition coefficient (Wildman–Crippen LogP) is 5.59. The van der Waals surface area contributed by atoms with E-state index in [-0.39, 0.29) is 48.5 Å². The van der Waals surface area contributed by atoms with Crippen LogP contribution < -0.4 is 19.9 Å². The number of benzene rings is 1. The third-order valence-corrected chi connectivity index (χ3v) is 10.6. The first-order valence-corrected chi connectivity index (χ1v) is 17.9. The number of aromatic amines is 1. The third kappa shape index (κ3) is 7.69. The first-order chi connectivity index (χ1) is 23.3. The number of halogens is 3. The monoisotopic (exact) mass is 719 g/mol. The van der Waals surface area contributed by atoms with Gasteiger partial charge in [-0.05, 0) is 76.4 Å². The molecule has 10 nitrogen and oxygen atoms in total. The Morgan fingerprint density at radius 3 is 2.63 bits per heavy atom. The molecule has 0 radical (unpaired) electrons. The van der Waals surface area contributed by atoms with Crippen molar-refractivity contribution in [1.82, 2.24) is 19.8 Å². The molecule has 3 unspecified atom stereocenters. The Bertz CT molecular complexity index is 1750. The molecule has 0 saturated carbocycles. The van der Waals surface area contributed by atoms with Crippen molar-refractivity contribution in [2.75, 3.05) is 51.0 Å². The number of aryl methyl sites for hydroxylation is 1. The summed E-state index contributed by atoms with van der Waals surface area (Å²) in [5, 5.41) is 0. The fourth-order valence-corrected chi connectivity index (χ4v) is 7.65. The second-order valence-electron chi connectivity index (χ2n) is 12.7. The summed E-state index contributed by atoms with van der Waals surface area (Å²) in [6, 6.07) is 8.90. The van der Waals surface area contributed by atoms with E-state index in [0.717, 1.165) is 10.6 Å². The second-order valence-corrected chi connectivity index (χ2v) is 14.1. The van der Waals surface area contributed by atoms with Gasteiger partial charge in [-0.1, -0.05) is 0 Å². The molecule has 5 heterocycles. The maximum atomic E-state index is 14.1. The van der Waals surface area contributed by atoms with E-state index in [1.165, 1.54) is 21.6 Å². The Morgan fingerprint density at radius 2 is 1.92 bits per heavy atom. The van der Waals surface area contributed by atoms with Crippen molar-refractivity contribution in [2.24, 2.45) is 5.92 Å². The number of thiol groups is 1. The molecule has 2 saturated heterocycles. The molecule has 1 N–H and O–H groups in total. The van der Waals surface area contributed by atoms with Crippen molar-refractivity contribution in [1.29, 1.82) is 0 Å². The Hall–Kier alpha value is -3.40. The number of fused-ring (bicyclic) bond motifs is 1. The van der Waals surface area contributed by atoms with Crippen molar-refractivity contribution in [3.05, 3.63) is 63.7 Å². The molecule has 3 aliphatic rings. The van der Waals surface area contributed by atoms with Crippen LogP contribution in [0.15, 0.2) is 46.2 Å². The van der Waals surface area contributed by atoms with E-state index >= 15 is 0 Å². The van der Waals surface area contributed by atoms with Crippen LogP contribution in [-0.4, -0.2) is 95.7 Å². The summed E-state index contributed by atoms with van der Waals surface area (Å²) in [6.45, 7) is 4.53. The molecule has 2 aromatic heterocycles. The largest absolute Gasteiger partial charge is 0.451 e. The lowest BCUT2D eigenvalue weighted by Gasteiger charge is -2.39. The van der Waals surface area contributed by atoms with Crippen molar-refractivity contribution < 1.29 is 32.2 Å². The quantitative estimate of drug-likeness (QED) is 0.228. The minimum atomic E-state index is -4.26.